The molecule has 1 aromatic heterocycles. The fourth-order valence-electron chi connectivity index (χ4n) is 1.97. The van der Waals surface area contributed by atoms with Gasteiger partial charge in [0.15, 0.2) is 0 Å². The molecule has 2 aromatic rings. The van der Waals surface area contributed by atoms with Crippen LogP contribution in [0, 0.1) is 0 Å². The zero-order valence-electron chi connectivity index (χ0n) is 11.1. The van der Waals surface area contributed by atoms with Crippen molar-refractivity contribution in [2.75, 3.05) is 7.05 Å². The maximum atomic E-state index is 11.8. The predicted octanol–water partition coefficient (Wildman–Crippen LogP) is 3.12. The Morgan fingerprint density at radius 2 is 1.86 bits per heavy atom. The summed E-state index contributed by atoms with van der Waals surface area (Å²) in [7, 11) is 1.42. The number of hydrogen-bond acceptors (Lipinski definition) is 3. The summed E-state index contributed by atoms with van der Waals surface area (Å²) in [4.78, 5) is 24.1. The lowest BCUT2D eigenvalue weighted by Gasteiger charge is -1.99. The molecule has 5 nitrogen and oxygen atoms in total. The van der Waals surface area contributed by atoms with Crippen LogP contribution in [-0.4, -0.2) is 23.9 Å². The van der Waals surface area contributed by atoms with Gasteiger partial charge >= 0.3 is 6.03 Å². The molecule has 0 radical (unpaired) electrons. The SMILES string of the molecule is CN1C(=O)N/C(=C/c2ccc(-c3ccc(Cl)cc3)o2)C1=O. The summed E-state index contributed by atoms with van der Waals surface area (Å²) < 4.78 is 5.65. The molecule has 3 rings (SSSR count). The lowest BCUT2D eigenvalue weighted by atomic mass is 10.2. The van der Waals surface area contributed by atoms with Gasteiger partial charge in [0.2, 0.25) is 0 Å². The van der Waals surface area contributed by atoms with Crippen LogP contribution >= 0.6 is 11.6 Å². The summed E-state index contributed by atoms with van der Waals surface area (Å²) >= 11 is 5.84. The van der Waals surface area contributed by atoms with E-state index in [2.05, 4.69) is 5.32 Å². The van der Waals surface area contributed by atoms with Crippen molar-refractivity contribution in [3.63, 3.8) is 0 Å². The van der Waals surface area contributed by atoms with E-state index in [0.29, 0.717) is 16.5 Å². The summed E-state index contributed by atoms with van der Waals surface area (Å²) in [5.74, 6) is 0.756. The Morgan fingerprint density at radius 3 is 2.48 bits per heavy atom. The van der Waals surface area contributed by atoms with Crippen LogP contribution in [0.15, 0.2) is 46.5 Å². The van der Waals surface area contributed by atoms with E-state index in [1.54, 1.807) is 24.3 Å². The van der Waals surface area contributed by atoms with Gasteiger partial charge in [-0.05, 0) is 36.4 Å². The third-order valence-corrected chi connectivity index (χ3v) is 3.38. The largest absolute Gasteiger partial charge is 0.457 e. The molecule has 106 valence electrons. The topological polar surface area (TPSA) is 62.6 Å². The van der Waals surface area contributed by atoms with E-state index in [0.717, 1.165) is 10.5 Å². The number of halogens is 1. The van der Waals surface area contributed by atoms with E-state index in [1.807, 2.05) is 12.1 Å². The number of benzene rings is 1. The maximum absolute atomic E-state index is 11.8. The molecule has 6 heteroatoms. The van der Waals surface area contributed by atoms with E-state index in [4.69, 9.17) is 16.0 Å². The van der Waals surface area contributed by atoms with Crippen molar-refractivity contribution in [3.8, 4) is 11.3 Å². The number of likely N-dealkylation sites (N-methyl/N-ethyl adjacent to an activating group) is 1. The third-order valence-electron chi connectivity index (χ3n) is 3.12. The number of carbonyl (C=O) groups excluding carboxylic acids is 2. The van der Waals surface area contributed by atoms with Crippen molar-refractivity contribution in [1.82, 2.24) is 10.2 Å². The molecule has 1 aliphatic heterocycles. The minimum atomic E-state index is -0.448. The molecule has 0 unspecified atom stereocenters. The van der Waals surface area contributed by atoms with Gasteiger partial charge in [0, 0.05) is 23.7 Å². The average Bonchev–Trinajstić information content (AvgIpc) is 3.02. The zero-order chi connectivity index (χ0) is 15.0. The van der Waals surface area contributed by atoms with Crippen LogP contribution in [0.25, 0.3) is 17.4 Å². The van der Waals surface area contributed by atoms with E-state index in [-0.39, 0.29) is 11.6 Å². The zero-order valence-corrected chi connectivity index (χ0v) is 11.8. The minimum absolute atomic E-state index is 0.194. The molecular formula is C15H11ClN2O3. The van der Waals surface area contributed by atoms with Gasteiger partial charge in [0.05, 0.1) is 0 Å². The van der Waals surface area contributed by atoms with Crippen molar-refractivity contribution < 1.29 is 14.0 Å². The van der Waals surface area contributed by atoms with Crippen molar-refractivity contribution >= 4 is 29.6 Å². The maximum Gasteiger partial charge on any atom is 0.328 e. The number of hydrogen-bond donors (Lipinski definition) is 1. The number of nitrogens with zero attached hydrogens (tertiary/aromatic N) is 1. The third kappa shape index (κ3) is 2.55. The summed E-state index contributed by atoms with van der Waals surface area (Å²) in [5.41, 5.74) is 1.07. The molecule has 0 atom stereocenters. The highest BCUT2D eigenvalue weighted by atomic mass is 35.5. The van der Waals surface area contributed by atoms with Gasteiger partial charge in [-0.1, -0.05) is 11.6 Å². The molecule has 1 N–H and O–H groups in total. The fraction of sp³-hybridized carbons (Fsp3) is 0.0667. The van der Waals surface area contributed by atoms with Gasteiger partial charge < -0.3 is 9.73 Å². The van der Waals surface area contributed by atoms with Crippen LogP contribution in [-0.2, 0) is 4.79 Å². The highest BCUT2D eigenvalue weighted by Crippen LogP contribution is 2.25. The normalized spacial score (nSPS) is 16.7. The lowest BCUT2D eigenvalue weighted by molar-refractivity contribution is -0.121. The fourth-order valence-corrected chi connectivity index (χ4v) is 2.09. The highest BCUT2D eigenvalue weighted by Gasteiger charge is 2.30. The molecule has 21 heavy (non-hydrogen) atoms. The first kappa shape index (κ1) is 13.5. The van der Waals surface area contributed by atoms with E-state index in [1.165, 1.54) is 13.1 Å². The molecule has 1 fully saturated rings. The molecule has 1 saturated heterocycles. The lowest BCUT2D eigenvalue weighted by Crippen LogP contribution is -2.25. The van der Waals surface area contributed by atoms with Crippen molar-refractivity contribution in [1.29, 1.82) is 0 Å². The van der Waals surface area contributed by atoms with Crippen molar-refractivity contribution in [2.45, 2.75) is 0 Å². The van der Waals surface area contributed by atoms with Crippen molar-refractivity contribution in [3.05, 3.63) is 52.9 Å². The van der Waals surface area contributed by atoms with Crippen LogP contribution in [0.3, 0.4) is 0 Å². The number of imide groups is 1. The van der Waals surface area contributed by atoms with Crippen LogP contribution in [0.5, 0.6) is 0 Å². The molecule has 1 aromatic carbocycles. The molecule has 0 aliphatic carbocycles. The van der Waals surface area contributed by atoms with E-state index < -0.39 is 6.03 Å². The number of amides is 3. The standard InChI is InChI=1S/C15H11ClN2O3/c1-18-14(19)12(17-15(18)20)8-11-6-7-13(21-11)9-2-4-10(16)5-3-9/h2-8H,1H3,(H,17,20)/b12-8+. The van der Waals surface area contributed by atoms with Crippen molar-refractivity contribution in [2.24, 2.45) is 0 Å². The average molecular weight is 303 g/mol. The Kier molecular flexibility index (Phi) is 3.27. The summed E-state index contributed by atoms with van der Waals surface area (Å²) in [6.07, 6.45) is 1.50. The number of urea groups is 1. The second-order valence-corrected chi connectivity index (χ2v) is 5.00. The molecule has 0 bridgehead atoms. The first-order chi connectivity index (χ1) is 10.0. The Labute approximate surface area is 125 Å². The van der Waals surface area contributed by atoms with Crippen LogP contribution in [0.2, 0.25) is 5.02 Å². The Bertz CT molecular complexity index is 747. The number of rotatable bonds is 2. The first-order valence-electron chi connectivity index (χ1n) is 6.21. The first-order valence-corrected chi connectivity index (χ1v) is 6.59. The summed E-state index contributed by atoms with van der Waals surface area (Å²) in [5, 5.41) is 3.13. The molecular weight excluding hydrogens is 292 g/mol. The van der Waals surface area contributed by atoms with Gasteiger partial charge in [0.25, 0.3) is 5.91 Å². The Hall–Kier alpha value is -2.53. The van der Waals surface area contributed by atoms with E-state index in [9.17, 15) is 9.59 Å². The summed E-state index contributed by atoms with van der Waals surface area (Å²) in [6, 6.07) is 10.3. The Balaban J connectivity index is 1.87. The number of furan rings is 1. The molecule has 2 heterocycles. The van der Waals surface area contributed by atoms with Crippen LogP contribution in [0.4, 0.5) is 4.79 Å². The smallest absolute Gasteiger partial charge is 0.328 e. The number of nitrogens with one attached hydrogen (secondary N) is 1. The van der Waals surface area contributed by atoms with Crippen LogP contribution in [0.1, 0.15) is 5.76 Å². The molecule has 0 spiro atoms. The minimum Gasteiger partial charge on any atom is -0.457 e. The Morgan fingerprint density at radius 1 is 1.14 bits per heavy atom. The monoisotopic (exact) mass is 302 g/mol. The van der Waals surface area contributed by atoms with Gasteiger partial charge in [-0.25, -0.2) is 4.79 Å². The molecule has 0 saturated carbocycles. The quantitative estimate of drug-likeness (QED) is 0.685. The highest BCUT2D eigenvalue weighted by molar-refractivity contribution is 6.30. The van der Waals surface area contributed by atoms with Crippen LogP contribution < -0.4 is 5.32 Å². The molecule has 1 aliphatic rings. The van der Waals surface area contributed by atoms with Gasteiger partial charge in [-0.2, -0.15) is 0 Å². The van der Waals surface area contributed by atoms with Gasteiger partial charge in [-0.15, -0.1) is 0 Å². The summed E-state index contributed by atoms with van der Waals surface area (Å²) in [6.45, 7) is 0. The second kappa shape index (κ2) is 5.10. The predicted molar refractivity (Wildman–Crippen MR) is 78.4 cm³/mol. The number of carbonyl (C=O) groups is 2. The van der Waals surface area contributed by atoms with Gasteiger partial charge in [0.1, 0.15) is 17.2 Å². The second-order valence-electron chi connectivity index (χ2n) is 4.56. The van der Waals surface area contributed by atoms with Gasteiger partial charge in [-0.3, -0.25) is 9.69 Å². The molecule has 3 amide bonds. The van der Waals surface area contributed by atoms with E-state index >= 15 is 0 Å².